The van der Waals surface area contributed by atoms with Crippen molar-refractivity contribution in [1.29, 1.82) is 0 Å². The number of benzene rings is 2. The fourth-order valence-electron chi connectivity index (χ4n) is 2.12. The second-order valence-corrected chi connectivity index (χ2v) is 4.78. The number of rotatable bonds is 7. The third-order valence-electron chi connectivity index (χ3n) is 3.37. The van der Waals surface area contributed by atoms with Gasteiger partial charge < -0.3 is 19.9 Å². The predicted octanol–water partition coefficient (Wildman–Crippen LogP) is 3.47. The van der Waals surface area contributed by atoms with Crippen molar-refractivity contribution in [2.24, 2.45) is 5.73 Å². The molecule has 0 aromatic heterocycles. The van der Waals surface area contributed by atoms with Crippen molar-refractivity contribution in [2.45, 2.75) is 12.6 Å². The van der Waals surface area contributed by atoms with E-state index in [0.29, 0.717) is 23.9 Å². The summed E-state index contributed by atoms with van der Waals surface area (Å²) in [6.45, 7) is 4.19. The average Bonchev–Trinajstić information content (AvgIpc) is 2.59. The van der Waals surface area contributed by atoms with E-state index in [2.05, 4.69) is 6.58 Å². The average molecular weight is 299 g/mol. The van der Waals surface area contributed by atoms with Gasteiger partial charge in [0, 0.05) is 11.6 Å². The molecule has 0 spiro atoms. The molecular weight excluding hydrogens is 278 g/mol. The third-order valence-corrected chi connectivity index (χ3v) is 3.37. The first-order valence-electron chi connectivity index (χ1n) is 7.00. The molecule has 0 bridgehead atoms. The summed E-state index contributed by atoms with van der Waals surface area (Å²) < 4.78 is 16.6. The maximum atomic E-state index is 6.08. The molecule has 0 aliphatic carbocycles. The highest BCUT2D eigenvalue weighted by Gasteiger charge is 2.16. The first kappa shape index (κ1) is 15.9. The van der Waals surface area contributed by atoms with Gasteiger partial charge in [-0.1, -0.05) is 36.4 Å². The Morgan fingerprint density at radius 2 is 1.68 bits per heavy atom. The second-order valence-electron chi connectivity index (χ2n) is 4.78. The fourth-order valence-corrected chi connectivity index (χ4v) is 2.12. The van der Waals surface area contributed by atoms with Gasteiger partial charge in [0.2, 0.25) is 0 Å². The molecule has 2 N–H and O–H groups in total. The van der Waals surface area contributed by atoms with Crippen LogP contribution >= 0.6 is 0 Å². The van der Waals surface area contributed by atoms with Crippen LogP contribution in [0.3, 0.4) is 0 Å². The second kappa shape index (κ2) is 7.52. The summed E-state index contributed by atoms with van der Waals surface area (Å²) in [6, 6.07) is 13.2. The SMILES string of the molecule is C=C[C@H](N)c1cc(OC)c(OC)cc1OCc1ccccc1. The highest BCUT2D eigenvalue weighted by Crippen LogP contribution is 2.37. The van der Waals surface area contributed by atoms with Crippen LogP contribution in [0.2, 0.25) is 0 Å². The molecular formula is C18H21NO3. The van der Waals surface area contributed by atoms with Crippen molar-refractivity contribution in [3.8, 4) is 17.2 Å². The Hall–Kier alpha value is -2.46. The fraction of sp³-hybridized carbons (Fsp3) is 0.222. The molecule has 0 radical (unpaired) electrons. The Morgan fingerprint density at radius 3 is 2.27 bits per heavy atom. The van der Waals surface area contributed by atoms with Gasteiger partial charge in [-0.15, -0.1) is 6.58 Å². The summed E-state index contributed by atoms with van der Waals surface area (Å²) in [6.07, 6.45) is 1.66. The van der Waals surface area contributed by atoms with Gasteiger partial charge in [0.05, 0.1) is 20.3 Å². The molecule has 4 heteroatoms. The molecule has 116 valence electrons. The molecule has 0 heterocycles. The van der Waals surface area contributed by atoms with Gasteiger partial charge >= 0.3 is 0 Å². The summed E-state index contributed by atoms with van der Waals surface area (Å²) >= 11 is 0. The lowest BCUT2D eigenvalue weighted by molar-refractivity contribution is 0.296. The van der Waals surface area contributed by atoms with Crippen LogP contribution in [0.1, 0.15) is 17.2 Å². The molecule has 0 saturated heterocycles. The number of hydrogen-bond acceptors (Lipinski definition) is 4. The van der Waals surface area contributed by atoms with Gasteiger partial charge in [-0.05, 0) is 11.6 Å². The Labute approximate surface area is 131 Å². The quantitative estimate of drug-likeness (QED) is 0.795. The van der Waals surface area contributed by atoms with Crippen molar-refractivity contribution in [3.63, 3.8) is 0 Å². The van der Waals surface area contributed by atoms with E-state index in [0.717, 1.165) is 11.1 Å². The summed E-state index contributed by atoms with van der Waals surface area (Å²) in [4.78, 5) is 0. The minimum atomic E-state index is -0.342. The molecule has 4 nitrogen and oxygen atoms in total. The van der Waals surface area contributed by atoms with E-state index in [1.807, 2.05) is 36.4 Å². The number of nitrogens with two attached hydrogens (primary N) is 1. The lowest BCUT2D eigenvalue weighted by Crippen LogP contribution is -2.10. The standard InChI is InChI=1S/C18H21NO3/c1-4-15(19)14-10-17(20-2)18(21-3)11-16(14)22-12-13-8-6-5-7-9-13/h4-11,15H,1,12,19H2,2-3H3/t15-/m0/s1. The van der Waals surface area contributed by atoms with Crippen molar-refractivity contribution < 1.29 is 14.2 Å². The first-order valence-corrected chi connectivity index (χ1v) is 7.00. The van der Waals surface area contributed by atoms with Crippen molar-refractivity contribution in [2.75, 3.05) is 14.2 Å². The molecule has 22 heavy (non-hydrogen) atoms. The Kier molecular flexibility index (Phi) is 5.44. The van der Waals surface area contributed by atoms with Crippen LogP contribution in [0.25, 0.3) is 0 Å². The minimum Gasteiger partial charge on any atom is -0.493 e. The largest absolute Gasteiger partial charge is 0.493 e. The lowest BCUT2D eigenvalue weighted by Gasteiger charge is -2.18. The normalized spacial score (nSPS) is 11.6. The maximum absolute atomic E-state index is 6.08. The van der Waals surface area contributed by atoms with E-state index >= 15 is 0 Å². The summed E-state index contributed by atoms with van der Waals surface area (Å²) in [5.41, 5.74) is 7.97. The van der Waals surface area contributed by atoms with Crippen molar-refractivity contribution in [1.82, 2.24) is 0 Å². The van der Waals surface area contributed by atoms with Crippen LogP contribution in [0.5, 0.6) is 17.2 Å². The molecule has 2 aromatic carbocycles. The zero-order valence-corrected chi connectivity index (χ0v) is 12.9. The van der Waals surface area contributed by atoms with E-state index in [1.54, 1.807) is 26.4 Å². The van der Waals surface area contributed by atoms with Crippen LogP contribution < -0.4 is 19.9 Å². The minimum absolute atomic E-state index is 0.342. The molecule has 0 unspecified atom stereocenters. The van der Waals surface area contributed by atoms with Gasteiger partial charge in [-0.25, -0.2) is 0 Å². The third kappa shape index (κ3) is 3.59. The number of hydrogen-bond donors (Lipinski definition) is 1. The Balaban J connectivity index is 2.32. The van der Waals surface area contributed by atoms with E-state index in [4.69, 9.17) is 19.9 Å². The van der Waals surface area contributed by atoms with Crippen LogP contribution in [0.4, 0.5) is 0 Å². The molecule has 0 aliphatic rings. The molecule has 0 saturated carbocycles. The zero-order chi connectivity index (χ0) is 15.9. The van der Waals surface area contributed by atoms with E-state index in [1.165, 1.54) is 0 Å². The highest BCUT2D eigenvalue weighted by molar-refractivity contribution is 5.52. The monoisotopic (exact) mass is 299 g/mol. The Bertz CT molecular complexity index is 626. The summed E-state index contributed by atoms with van der Waals surface area (Å²) in [5.74, 6) is 1.88. The lowest BCUT2D eigenvalue weighted by atomic mass is 10.1. The van der Waals surface area contributed by atoms with Crippen LogP contribution in [-0.4, -0.2) is 14.2 Å². The van der Waals surface area contributed by atoms with Crippen LogP contribution in [-0.2, 0) is 6.61 Å². The smallest absolute Gasteiger partial charge is 0.164 e. The molecule has 0 aliphatic heterocycles. The highest BCUT2D eigenvalue weighted by atomic mass is 16.5. The van der Waals surface area contributed by atoms with Gasteiger partial charge in [0.15, 0.2) is 11.5 Å². The van der Waals surface area contributed by atoms with Gasteiger partial charge in [0.1, 0.15) is 12.4 Å². The first-order chi connectivity index (χ1) is 10.7. The number of ether oxygens (including phenoxy) is 3. The van der Waals surface area contributed by atoms with Gasteiger partial charge in [-0.2, -0.15) is 0 Å². The maximum Gasteiger partial charge on any atom is 0.164 e. The zero-order valence-electron chi connectivity index (χ0n) is 12.9. The molecule has 0 fully saturated rings. The van der Waals surface area contributed by atoms with E-state index in [9.17, 15) is 0 Å². The van der Waals surface area contributed by atoms with E-state index in [-0.39, 0.29) is 6.04 Å². The summed E-state index contributed by atoms with van der Waals surface area (Å²) in [5, 5.41) is 0. The molecule has 0 amide bonds. The van der Waals surface area contributed by atoms with Gasteiger partial charge in [0.25, 0.3) is 0 Å². The number of methoxy groups -OCH3 is 2. The predicted molar refractivity (Wildman–Crippen MR) is 87.4 cm³/mol. The molecule has 2 rings (SSSR count). The van der Waals surface area contributed by atoms with E-state index < -0.39 is 0 Å². The Morgan fingerprint density at radius 1 is 1.05 bits per heavy atom. The molecule has 2 aromatic rings. The van der Waals surface area contributed by atoms with Crippen molar-refractivity contribution in [3.05, 3.63) is 66.2 Å². The van der Waals surface area contributed by atoms with Crippen molar-refractivity contribution >= 4 is 0 Å². The van der Waals surface area contributed by atoms with Gasteiger partial charge in [-0.3, -0.25) is 0 Å². The van der Waals surface area contributed by atoms with Crippen LogP contribution in [0.15, 0.2) is 55.1 Å². The molecule has 1 atom stereocenters. The topological polar surface area (TPSA) is 53.7 Å². The summed E-state index contributed by atoms with van der Waals surface area (Å²) in [7, 11) is 3.18. The van der Waals surface area contributed by atoms with Crippen LogP contribution in [0, 0.1) is 0 Å².